The highest BCUT2D eigenvalue weighted by molar-refractivity contribution is 6.09. The van der Waals surface area contributed by atoms with Crippen LogP contribution in [0, 0.1) is 5.41 Å². The Morgan fingerprint density at radius 1 is 0.844 bits per heavy atom. The van der Waals surface area contributed by atoms with Crippen molar-refractivity contribution in [3.63, 3.8) is 0 Å². The van der Waals surface area contributed by atoms with Crippen LogP contribution < -0.4 is 20.1 Å². The van der Waals surface area contributed by atoms with Gasteiger partial charge in [0.1, 0.15) is 5.70 Å². The van der Waals surface area contributed by atoms with Gasteiger partial charge in [-0.15, -0.1) is 0 Å². The van der Waals surface area contributed by atoms with Gasteiger partial charge in [0, 0.05) is 11.1 Å². The van der Waals surface area contributed by atoms with E-state index in [9.17, 15) is 9.59 Å². The van der Waals surface area contributed by atoms with Crippen molar-refractivity contribution in [1.29, 1.82) is 0 Å². The Bertz CT molecular complexity index is 1180. The molecule has 6 heteroatoms. The fraction of sp³-hybridized carbons (Fsp3) is 0.231. The number of fused-ring (bicyclic) bond motifs is 1. The topological polar surface area (TPSA) is 76.7 Å². The van der Waals surface area contributed by atoms with Crippen LogP contribution in [-0.4, -0.2) is 26.0 Å². The number of carbonyl (C=O) groups excluding carboxylic acids is 2. The normalized spacial score (nSPS) is 11.7. The van der Waals surface area contributed by atoms with E-state index in [1.54, 1.807) is 59.3 Å². The molecule has 0 fully saturated rings. The Morgan fingerprint density at radius 2 is 1.53 bits per heavy atom. The van der Waals surface area contributed by atoms with E-state index in [4.69, 9.17) is 9.47 Å². The van der Waals surface area contributed by atoms with Gasteiger partial charge in [0.25, 0.3) is 5.91 Å². The third kappa shape index (κ3) is 5.46. The van der Waals surface area contributed by atoms with E-state index < -0.39 is 11.3 Å². The summed E-state index contributed by atoms with van der Waals surface area (Å²) in [5.74, 6) is 0.411. The highest BCUT2D eigenvalue weighted by atomic mass is 16.5. The number of carbonyl (C=O) groups is 2. The summed E-state index contributed by atoms with van der Waals surface area (Å²) in [5.41, 5.74) is 0.780. The molecule has 0 aliphatic carbocycles. The SMILES string of the molecule is COc1ccc(/C=C(/NC(=O)C(C)(C)C)C(=O)Nc2ccc3ccccc3c2)cc1OC. The van der Waals surface area contributed by atoms with Gasteiger partial charge in [-0.2, -0.15) is 0 Å². The van der Waals surface area contributed by atoms with Gasteiger partial charge in [-0.1, -0.05) is 57.2 Å². The summed E-state index contributed by atoms with van der Waals surface area (Å²) in [4.78, 5) is 25.8. The van der Waals surface area contributed by atoms with Crippen molar-refractivity contribution in [2.24, 2.45) is 5.41 Å². The molecule has 2 amide bonds. The lowest BCUT2D eigenvalue weighted by molar-refractivity contribution is -0.128. The fourth-order valence-electron chi connectivity index (χ4n) is 3.04. The number of benzene rings is 3. The second kappa shape index (κ2) is 9.56. The van der Waals surface area contributed by atoms with Gasteiger partial charge in [-0.05, 0) is 46.7 Å². The third-order valence-electron chi connectivity index (χ3n) is 4.90. The lowest BCUT2D eigenvalue weighted by Crippen LogP contribution is -2.38. The molecule has 3 aromatic carbocycles. The maximum absolute atomic E-state index is 13.1. The first-order valence-electron chi connectivity index (χ1n) is 10.3. The predicted octanol–water partition coefficient (Wildman–Crippen LogP) is 5.00. The molecule has 0 atom stereocenters. The van der Waals surface area contributed by atoms with Crippen LogP contribution in [0.15, 0.2) is 66.4 Å². The fourth-order valence-corrected chi connectivity index (χ4v) is 3.04. The van der Waals surface area contributed by atoms with Gasteiger partial charge < -0.3 is 20.1 Å². The second-order valence-corrected chi connectivity index (χ2v) is 8.39. The molecule has 0 aliphatic heterocycles. The molecule has 3 aromatic rings. The first kappa shape index (κ1) is 22.9. The zero-order valence-corrected chi connectivity index (χ0v) is 19.0. The zero-order valence-electron chi connectivity index (χ0n) is 19.0. The molecule has 0 radical (unpaired) electrons. The van der Waals surface area contributed by atoms with Gasteiger partial charge in [0.2, 0.25) is 5.91 Å². The molecule has 0 aliphatic rings. The van der Waals surface area contributed by atoms with Gasteiger partial charge in [-0.3, -0.25) is 9.59 Å². The summed E-state index contributed by atoms with van der Waals surface area (Å²) < 4.78 is 10.6. The minimum atomic E-state index is -0.667. The molecule has 0 unspecified atom stereocenters. The number of anilines is 1. The predicted molar refractivity (Wildman–Crippen MR) is 128 cm³/mol. The summed E-state index contributed by atoms with van der Waals surface area (Å²) in [7, 11) is 3.10. The standard InChI is InChI=1S/C26H28N2O4/c1-26(2,3)25(30)28-21(14-17-10-13-22(31-4)23(15-17)32-5)24(29)27-20-12-11-18-8-6-7-9-19(18)16-20/h6-16H,1-5H3,(H,27,29)(H,28,30)/b21-14+. The third-order valence-corrected chi connectivity index (χ3v) is 4.90. The highest BCUT2D eigenvalue weighted by Crippen LogP contribution is 2.28. The van der Waals surface area contributed by atoms with E-state index in [-0.39, 0.29) is 11.6 Å². The van der Waals surface area contributed by atoms with Crippen LogP contribution >= 0.6 is 0 Å². The Morgan fingerprint density at radius 3 is 2.19 bits per heavy atom. The first-order chi connectivity index (χ1) is 15.2. The van der Waals surface area contributed by atoms with Crippen LogP contribution in [-0.2, 0) is 9.59 Å². The van der Waals surface area contributed by atoms with Crippen LogP contribution in [0.1, 0.15) is 26.3 Å². The largest absolute Gasteiger partial charge is 0.493 e. The van der Waals surface area contributed by atoms with Crippen molar-refractivity contribution in [1.82, 2.24) is 5.32 Å². The van der Waals surface area contributed by atoms with Gasteiger partial charge >= 0.3 is 0 Å². The molecule has 166 valence electrons. The Balaban J connectivity index is 1.94. The van der Waals surface area contributed by atoms with Crippen molar-refractivity contribution >= 4 is 34.4 Å². The summed E-state index contributed by atoms with van der Waals surface area (Å²) in [6, 6.07) is 18.8. The maximum atomic E-state index is 13.1. The Kier molecular flexibility index (Phi) is 6.83. The summed E-state index contributed by atoms with van der Waals surface area (Å²) in [5, 5.41) is 7.74. The summed E-state index contributed by atoms with van der Waals surface area (Å²) >= 11 is 0. The molecule has 0 heterocycles. The van der Waals surface area contributed by atoms with Crippen LogP contribution in [0.4, 0.5) is 5.69 Å². The minimum absolute atomic E-state index is 0.130. The Hall–Kier alpha value is -3.80. The lowest BCUT2D eigenvalue weighted by Gasteiger charge is -2.19. The molecule has 6 nitrogen and oxygen atoms in total. The van der Waals surface area contributed by atoms with Crippen molar-refractivity contribution in [3.05, 3.63) is 71.9 Å². The smallest absolute Gasteiger partial charge is 0.272 e. The molecule has 3 rings (SSSR count). The van der Waals surface area contributed by atoms with Gasteiger partial charge in [0.15, 0.2) is 11.5 Å². The van der Waals surface area contributed by atoms with E-state index in [0.717, 1.165) is 10.8 Å². The van der Waals surface area contributed by atoms with Crippen LogP contribution in [0.3, 0.4) is 0 Å². The average Bonchev–Trinajstić information content (AvgIpc) is 2.77. The zero-order chi connectivity index (χ0) is 23.3. The Labute approximate surface area is 188 Å². The van der Waals surface area contributed by atoms with Crippen molar-refractivity contribution < 1.29 is 19.1 Å². The maximum Gasteiger partial charge on any atom is 0.272 e. The van der Waals surface area contributed by atoms with Crippen molar-refractivity contribution in [2.45, 2.75) is 20.8 Å². The molecule has 0 spiro atoms. The molecule has 0 saturated heterocycles. The number of rotatable bonds is 6. The van der Waals surface area contributed by atoms with E-state index in [2.05, 4.69) is 10.6 Å². The summed E-state index contributed by atoms with van der Waals surface area (Å²) in [6.45, 7) is 5.37. The number of hydrogen-bond donors (Lipinski definition) is 2. The van der Waals surface area contributed by atoms with E-state index in [1.807, 2.05) is 42.5 Å². The monoisotopic (exact) mass is 432 g/mol. The summed E-state index contributed by atoms with van der Waals surface area (Å²) in [6.07, 6.45) is 1.61. The molecular formula is C26H28N2O4. The van der Waals surface area contributed by atoms with Crippen LogP contribution in [0.25, 0.3) is 16.8 Å². The number of ether oxygens (including phenoxy) is 2. The van der Waals surface area contributed by atoms with Crippen LogP contribution in [0.5, 0.6) is 11.5 Å². The minimum Gasteiger partial charge on any atom is -0.493 e. The first-order valence-corrected chi connectivity index (χ1v) is 10.3. The van der Waals surface area contributed by atoms with E-state index >= 15 is 0 Å². The van der Waals surface area contributed by atoms with Gasteiger partial charge in [-0.25, -0.2) is 0 Å². The lowest BCUT2D eigenvalue weighted by atomic mass is 9.95. The van der Waals surface area contributed by atoms with E-state index in [1.165, 1.54) is 0 Å². The molecule has 32 heavy (non-hydrogen) atoms. The van der Waals surface area contributed by atoms with Gasteiger partial charge in [0.05, 0.1) is 14.2 Å². The molecule has 0 bridgehead atoms. The number of nitrogens with one attached hydrogen (secondary N) is 2. The number of amides is 2. The van der Waals surface area contributed by atoms with Crippen LogP contribution in [0.2, 0.25) is 0 Å². The number of hydrogen-bond acceptors (Lipinski definition) is 4. The molecule has 0 aromatic heterocycles. The van der Waals surface area contributed by atoms with E-state index in [0.29, 0.717) is 22.7 Å². The number of methoxy groups -OCH3 is 2. The van der Waals surface area contributed by atoms with Crippen molar-refractivity contribution in [3.8, 4) is 11.5 Å². The average molecular weight is 433 g/mol. The second-order valence-electron chi connectivity index (χ2n) is 8.39. The molecule has 0 saturated carbocycles. The molecular weight excluding hydrogens is 404 g/mol. The molecule has 2 N–H and O–H groups in total. The quantitative estimate of drug-likeness (QED) is 0.538. The highest BCUT2D eigenvalue weighted by Gasteiger charge is 2.24. The van der Waals surface area contributed by atoms with Crippen molar-refractivity contribution in [2.75, 3.05) is 19.5 Å².